The van der Waals surface area contributed by atoms with E-state index >= 15 is 0 Å². The number of likely N-dealkylation sites (N-methyl/N-ethyl adjacent to an activating group) is 1. The number of oxazole rings is 1. The fourth-order valence-corrected chi connectivity index (χ4v) is 3.80. The zero-order valence-corrected chi connectivity index (χ0v) is 15.0. The lowest BCUT2D eigenvalue weighted by Gasteiger charge is -2.17. The maximum absolute atomic E-state index is 12.6. The molecule has 1 N–H and O–H groups in total. The largest absolute Gasteiger partial charge is 0.440 e. The normalized spacial score (nSPS) is 13.1. The van der Waals surface area contributed by atoms with Gasteiger partial charge in [0.2, 0.25) is 5.89 Å². The summed E-state index contributed by atoms with van der Waals surface area (Å²) in [7, 11) is 0. The fraction of sp³-hybridized carbons (Fsp3) is 0.263. The van der Waals surface area contributed by atoms with E-state index < -0.39 is 0 Å². The summed E-state index contributed by atoms with van der Waals surface area (Å²) in [4.78, 5) is 20.2. The lowest BCUT2D eigenvalue weighted by atomic mass is 10.1. The van der Waals surface area contributed by atoms with Crippen molar-refractivity contribution in [2.45, 2.75) is 20.3 Å². The second-order valence-corrected chi connectivity index (χ2v) is 6.98. The van der Waals surface area contributed by atoms with E-state index in [4.69, 9.17) is 4.42 Å². The number of thiophene rings is 1. The molecule has 0 saturated carbocycles. The Balaban J connectivity index is 1.57. The maximum Gasteiger partial charge on any atom is 0.277 e. The Bertz CT molecular complexity index is 915. The minimum absolute atomic E-state index is 0.245. The van der Waals surface area contributed by atoms with E-state index in [-0.39, 0.29) is 5.91 Å². The molecule has 128 valence electrons. The summed E-state index contributed by atoms with van der Waals surface area (Å²) in [6.45, 7) is 5.92. The van der Waals surface area contributed by atoms with Crippen LogP contribution in [0, 0.1) is 6.92 Å². The zero-order chi connectivity index (χ0) is 17.4. The van der Waals surface area contributed by atoms with Gasteiger partial charge in [0.15, 0.2) is 5.69 Å². The highest BCUT2D eigenvalue weighted by molar-refractivity contribution is 7.13. The number of benzene rings is 1. The number of carbonyl (C=O) groups is 1. The number of rotatable bonds is 4. The first-order valence-corrected chi connectivity index (χ1v) is 9.24. The Hall–Kier alpha value is -2.60. The third-order valence-electron chi connectivity index (χ3n) is 4.46. The summed E-state index contributed by atoms with van der Waals surface area (Å²) in [5, 5.41) is 4.90. The van der Waals surface area contributed by atoms with Gasteiger partial charge < -0.3 is 14.6 Å². The molecule has 0 unspecified atom stereocenters. The van der Waals surface area contributed by atoms with Gasteiger partial charge in [-0.1, -0.05) is 12.1 Å². The molecule has 0 saturated heterocycles. The van der Waals surface area contributed by atoms with Crippen molar-refractivity contribution >= 4 is 28.6 Å². The predicted octanol–water partition coefficient (Wildman–Crippen LogP) is 4.35. The van der Waals surface area contributed by atoms with Gasteiger partial charge >= 0.3 is 0 Å². The first kappa shape index (κ1) is 15.9. The van der Waals surface area contributed by atoms with Gasteiger partial charge in [0.25, 0.3) is 5.91 Å². The number of aryl methyl sites for hydroxylation is 1. The van der Waals surface area contributed by atoms with Gasteiger partial charge in [-0.15, -0.1) is 11.3 Å². The summed E-state index contributed by atoms with van der Waals surface area (Å²) in [6.07, 6.45) is 1.06. The molecule has 25 heavy (non-hydrogen) atoms. The summed E-state index contributed by atoms with van der Waals surface area (Å²) >= 11 is 1.54. The summed E-state index contributed by atoms with van der Waals surface area (Å²) in [5.74, 6) is 0.769. The van der Waals surface area contributed by atoms with Crippen LogP contribution in [-0.2, 0) is 6.42 Å². The quantitative estimate of drug-likeness (QED) is 0.758. The van der Waals surface area contributed by atoms with Crippen LogP contribution in [0.1, 0.15) is 28.7 Å². The minimum Gasteiger partial charge on any atom is -0.440 e. The average molecular weight is 353 g/mol. The molecular weight excluding hydrogens is 334 g/mol. The third kappa shape index (κ3) is 2.93. The number of anilines is 2. The van der Waals surface area contributed by atoms with Crippen molar-refractivity contribution in [1.82, 2.24) is 4.98 Å². The Kier molecular flexibility index (Phi) is 4.05. The molecule has 3 heterocycles. The molecule has 1 aliphatic rings. The number of fused-ring (bicyclic) bond motifs is 1. The van der Waals surface area contributed by atoms with Crippen LogP contribution in [0.15, 0.2) is 40.1 Å². The molecular formula is C19H19N3O2S. The molecule has 0 fully saturated rings. The second-order valence-electron chi connectivity index (χ2n) is 6.03. The highest BCUT2D eigenvalue weighted by Gasteiger charge is 2.21. The van der Waals surface area contributed by atoms with Crippen LogP contribution >= 0.6 is 11.3 Å². The molecule has 1 amide bonds. The van der Waals surface area contributed by atoms with E-state index in [2.05, 4.69) is 28.2 Å². The van der Waals surface area contributed by atoms with Crippen LogP contribution in [-0.4, -0.2) is 24.0 Å². The topological polar surface area (TPSA) is 58.4 Å². The number of hydrogen-bond acceptors (Lipinski definition) is 5. The molecule has 0 radical (unpaired) electrons. The van der Waals surface area contributed by atoms with Crippen LogP contribution in [0.3, 0.4) is 0 Å². The molecule has 1 aliphatic heterocycles. The lowest BCUT2D eigenvalue weighted by Crippen LogP contribution is -2.19. The Morgan fingerprint density at radius 2 is 2.28 bits per heavy atom. The summed E-state index contributed by atoms with van der Waals surface area (Å²) in [6, 6.07) is 9.94. The first-order chi connectivity index (χ1) is 12.2. The fourth-order valence-electron chi connectivity index (χ4n) is 3.15. The number of nitrogens with one attached hydrogen (secondary N) is 1. The molecule has 2 aromatic heterocycles. The molecule has 0 aliphatic carbocycles. The number of carbonyl (C=O) groups excluding carboxylic acids is 1. The number of aromatic nitrogens is 1. The van der Waals surface area contributed by atoms with Gasteiger partial charge in [0.05, 0.1) is 4.88 Å². The monoisotopic (exact) mass is 353 g/mol. The lowest BCUT2D eigenvalue weighted by molar-refractivity contribution is 0.102. The Morgan fingerprint density at radius 1 is 1.40 bits per heavy atom. The standard InChI is InChI=1S/C19H19N3O2S/c1-3-22-9-8-13-6-7-14(11-15(13)22)20-18(23)17-12(2)24-19(21-17)16-5-4-10-25-16/h4-7,10-11H,3,8-9H2,1-2H3,(H,20,23). The SMILES string of the molecule is CCN1CCc2ccc(NC(=O)c3nc(-c4cccs4)oc3C)cc21. The third-order valence-corrected chi connectivity index (χ3v) is 5.32. The highest BCUT2D eigenvalue weighted by atomic mass is 32.1. The number of nitrogens with zero attached hydrogens (tertiary/aromatic N) is 2. The van der Waals surface area contributed by atoms with Gasteiger partial charge in [-0.2, -0.15) is 0 Å². The van der Waals surface area contributed by atoms with Crippen LogP contribution < -0.4 is 10.2 Å². The van der Waals surface area contributed by atoms with E-state index in [1.165, 1.54) is 22.6 Å². The molecule has 0 spiro atoms. The van der Waals surface area contributed by atoms with Crippen LogP contribution in [0.25, 0.3) is 10.8 Å². The highest BCUT2D eigenvalue weighted by Crippen LogP contribution is 2.31. The molecule has 6 heteroatoms. The molecule has 5 nitrogen and oxygen atoms in total. The van der Waals surface area contributed by atoms with Crippen molar-refractivity contribution in [2.75, 3.05) is 23.3 Å². The van der Waals surface area contributed by atoms with Crippen molar-refractivity contribution in [3.05, 3.63) is 52.7 Å². The van der Waals surface area contributed by atoms with Gasteiger partial charge in [0, 0.05) is 24.5 Å². The first-order valence-electron chi connectivity index (χ1n) is 8.36. The number of amides is 1. The van der Waals surface area contributed by atoms with E-state index in [1.54, 1.807) is 6.92 Å². The number of hydrogen-bond donors (Lipinski definition) is 1. The van der Waals surface area contributed by atoms with E-state index in [1.807, 2.05) is 29.6 Å². The summed E-state index contributed by atoms with van der Waals surface area (Å²) in [5.41, 5.74) is 3.65. The molecule has 4 rings (SSSR count). The van der Waals surface area contributed by atoms with Gasteiger partial charge in [-0.3, -0.25) is 4.79 Å². The maximum atomic E-state index is 12.6. The Labute approximate surface area is 150 Å². The molecule has 1 aromatic carbocycles. The van der Waals surface area contributed by atoms with Crippen molar-refractivity contribution in [3.8, 4) is 10.8 Å². The predicted molar refractivity (Wildman–Crippen MR) is 101 cm³/mol. The van der Waals surface area contributed by atoms with E-state index in [0.29, 0.717) is 17.3 Å². The zero-order valence-electron chi connectivity index (χ0n) is 14.2. The summed E-state index contributed by atoms with van der Waals surface area (Å²) < 4.78 is 5.66. The Morgan fingerprint density at radius 3 is 3.04 bits per heavy atom. The van der Waals surface area contributed by atoms with Gasteiger partial charge in [0.1, 0.15) is 5.76 Å². The van der Waals surface area contributed by atoms with Gasteiger partial charge in [-0.05, 0) is 49.4 Å². The van der Waals surface area contributed by atoms with E-state index in [9.17, 15) is 4.79 Å². The van der Waals surface area contributed by atoms with Crippen molar-refractivity contribution < 1.29 is 9.21 Å². The van der Waals surface area contributed by atoms with Crippen LogP contribution in [0.2, 0.25) is 0 Å². The molecule has 3 aromatic rings. The van der Waals surface area contributed by atoms with Gasteiger partial charge in [-0.25, -0.2) is 4.98 Å². The second kappa shape index (κ2) is 6.37. The van der Waals surface area contributed by atoms with Crippen molar-refractivity contribution in [2.24, 2.45) is 0 Å². The van der Waals surface area contributed by atoms with Crippen molar-refractivity contribution in [1.29, 1.82) is 0 Å². The van der Waals surface area contributed by atoms with Crippen LogP contribution in [0.5, 0.6) is 0 Å². The van der Waals surface area contributed by atoms with Crippen LogP contribution in [0.4, 0.5) is 11.4 Å². The average Bonchev–Trinajstić information content (AvgIpc) is 3.33. The molecule has 0 bridgehead atoms. The molecule has 0 atom stereocenters. The minimum atomic E-state index is -0.245. The smallest absolute Gasteiger partial charge is 0.277 e. The van der Waals surface area contributed by atoms with E-state index in [0.717, 1.165) is 30.1 Å². The van der Waals surface area contributed by atoms with Crippen molar-refractivity contribution in [3.63, 3.8) is 0 Å².